The zero-order chi connectivity index (χ0) is 15.1. The van der Waals surface area contributed by atoms with Gasteiger partial charge in [0, 0.05) is 0 Å². The van der Waals surface area contributed by atoms with Crippen molar-refractivity contribution in [3.63, 3.8) is 0 Å². The molecule has 0 aliphatic heterocycles. The van der Waals surface area contributed by atoms with Crippen LogP contribution in [0.15, 0.2) is 24.3 Å². The number of carbonyl (C=O) groups excluding carboxylic acids is 1. The highest BCUT2D eigenvalue weighted by Gasteiger charge is 2.23. The fraction of sp³-hybridized carbons (Fsp3) is 0.562. The molecular formula is C16H23NO4. The van der Waals surface area contributed by atoms with Crippen molar-refractivity contribution in [2.24, 2.45) is 0 Å². The molecule has 0 heterocycles. The first kappa shape index (κ1) is 15.6. The van der Waals surface area contributed by atoms with Gasteiger partial charge < -0.3 is 19.9 Å². The number of aliphatic hydroxyl groups is 1. The lowest BCUT2D eigenvalue weighted by Crippen LogP contribution is -2.44. The van der Waals surface area contributed by atoms with E-state index in [0.717, 1.165) is 37.9 Å². The maximum absolute atomic E-state index is 11.9. The summed E-state index contributed by atoms with van der Waals surface area (Å²) in [5, 5.41) is 12.8. The Labute approximate surface area is 125 Å². The molecule has 2 rings (SSSR count). The average Bonchev–Trinajstić information content (AvgIpc) is 2.71. The lowest BCUT2D eigenvalue weighted by molar-refractivity contribution is -0.124. The minimum atomic E-state index is -0.447. The summed E-state index contributed by atoms with van der Waals surface area (Å²) in [5.41, 5.74) is 0. The molecule has 0 aromatic heterocycles. The minimum Gasteiger partial charge on any atom is -0.497 e. The number of amides is 1. The van der Waals surface area contributed by atoms with Crippen molar-refractivity contribution >= 4 is 5.91 Å². The summed E-state index contributed by atoms with van der Waals surface area (Å²) >= 11 is 0. The molecule has 116 valence electrons. The van der Waals surface area contributed by atoms with Crippen LogP contribution in [0.25, 0.3) is 0 Å². The number of carbonyl (C=O) groups is 1. The van der Waals surface area contributed by atoms with Gasteiger partial charge in [-0.15, -0.1) is 0 Å². The van der Waals surface area contributed by atoms with Crippen LogP contribution in [-0.4, -0.2) is 36.9 Å². The van der Waals surface area contributed by atoms with Crippen LogP contribution in [0, 0.1) is 0 Å². The first-order chi connectivity index (χ1) is 10.2. The van der Waals surface area contributed by atoms with E-state index in [2.05, 4.69) is 5.32 Å². The van der Waals surface area contributed by atoms with Crippen LogP contribution in [-0.2, 0) is 4.79 Å². The van der Waals surface area contributed by atoms with Crippen LogP contribution >= 0.6 is 0 Å². The molecule has 1 saturated carbocycles. The Morgan fingerprint density at radius 3 is 2.57 bits per heavy atom. The molecular weight excluding hydrogens is 270 g/mol. The van der Waals surface area contributed by atoms with Crippen molar-refractivity contribution in [2.75, 3.05) is 13.7 Å². The Balaban J connectivity index is 1.78. The summed E-state index contributed by atoms with van der Waals surface area (Å²) in [6.07, 6.45) is 4.32. The highest BCUT2D eigenvalue weighted by molar-refractivity contribution is 5.77. The number of benzene rings is 1. The first-order valence-electron chi connectivity index (χ1n) is 7.43. The molecule has 1 aliphatic carbocycles. The van der Waals surface area contributed by atoms with Crippen molar-refractivity contribution in [1.29, 1.82) is 0 Å². The van der Waals surface area contributed by atoms with E-state index >= 15 is 0 Å². The lowest BCUT2D eigenvalue weighted by Gasteiger charge is -2.21. The van der Waals surface area contributed by atoms with Crippen LogP contribution in [0.2, 0.25) is 0 Å². The maximum atomic E-state index is 11.9. The van der Waals surface area contributed by atoms with E-state index in [1.54, 1.807) is 31.4 Å². The van der Waals surface area contributed by atoms with E-state index in [0.29, 0.717) is 5.75 Å². The van der Waals surface area contributed by atoms with Gasteiger partial charge in [-0.3, -0.25) is 4.79 Å². The minimum absolute atomic E-state index is 0.0461. The smallest absolute Gasteiger partial charge is 0.258 e. The van der Waals surface area contributed by atoms with E-state index in [-0.39, 0.29) is 18.6 Å². The number of hydrogen-bond donors (Lipinski definition) is 2. The molecule has 2 atom stereocenters. The van der Waals surface area contributed by atoms with Gasteiger partial charge in [-0.25, -0.2) is 0 Å². The van der Waals surface area contributed by atoms with E-state index in [1.807, 2.05) is 0 Å². The fourth-order valence-corrected chi connectivity index (χ4v) is 2.53. The average molecular weight is 293 g/mol. The van der Waals surface area contributed by atoms with Crippen molar-refractivity contribution < 1.29 is 19.4 Å². The van der Waals surface area contributed by atoms with Gasteiger partial charge in [0.1, 0.15) is 11.5 Å². The highest BCUT2D eigenvalue weighted by Crippen LogP contribution is 2.19. The predicted molar refractivity (Wildman–Crippen MR) is 79.5 cm³/mol. The molecule has 0 bridgehead atoms. The summed E-state index contributed by atoms with van der Waals surface area (Å²) < 4.78 is 10.5. The molecule has 1 aliphatic rings. The quantitative estimate of drug-likeness (QED) is 0.814. The molecule has 0 spiro atoms. The Bertz CT molecular complexity index is 446. The van der Waals surface area contributed by atoms with Gasteiger partial charge in [-0.1, -0.05) is 19.3 Å². The fourth-order valence-electron chi connectivity index (χ4n) is 2.53. The highest BCUT2D eigenvalue weighted by atomic mass is 16.5. The van der Waals surface area contributed by atoms with Crippen molar-refractivity contribution in [3.8, 4) is 11.5 Å². The molecule has 1 aromatic carbocycles. The largest absolute Gasteiger partial charge is 0.497 e. The predicted octanol–water partition coefficient (Wildman–Crippen LogP) is 1.88. The summed E-state index contributed by atoms with van der Waals surface area (Å²) in [6.45, 7) is -0.0461. The number of rotatable bonds is 5. The molecule has 2 N–H and O–H groups in total. The van der Waals surface area contributed by atoms with Crippen LogP contribution in [0.4, 0.5) is 0 Å². The molecule has 0 saturated heterocycles. The molecule has 5 heteroatoms. The summed E-state index contributed by atoms with van der Waals surface area (Å²) in [6, 6.07) is 6.92. The van der Waals surface area contributed by atoms with Crippen LogP contribution in [0.5, 0.6) is 11.5 Å². The number of methoxy groups -OCH3 is 1. The molecule has 2 unspecified atom stereocenters. The number of hydrogen-bond acceptors (Lipinski definition) is 4. The van der Waals surface area contributed by atoms with Gasteiger partial charge in [0.15, 0.2) is 6.61 Å². The molecule has 1 amide bonds. The summed E-state index contributed by atoms with van der Waals surface area (Å²) in [7, 11) is 1.60. The topological polar surface area (TPSA) is 67.8 Å². The lowest BCUT2D eigenvalue weighted by atomic mass is 10.1. The summed E-state index contributed by atoms with van der Waals surface area (Å²) in [4.78, 5) is 11.9. The van der Waals surface area contributed by atoms with Gasteiger partial charge in [0.2, 0.25) is 0 Å². The van der Waals surface area contributed by atoms with Crippen molar-refractivity contribution in [2.45, 2.75) is 44.2 Å². The molecule has 0 radical (unpaired) electrons. The first-order valence-corrected chi connectivity index (χ1v) is 7.43. The van der Waals surface area contributed by atoms with Crippen molar-refractivity contribution in [3.05, 3.63) is 24.3 Å². The van der Waals surface area contributed by atoms with E-state index in [4.69, 9.17) is 9.47 Å². The Morgan fingerprint density at radius 1 is 1.19 bits per heavy atom. The Morgan fingerprint density at radius 2 is 1.86 bits per heavy atom. The third-order valence-corrected chi connectivity index (χ3v) is 3.76. The molecule has 5 nitrogen and oxygen atoms in total. The normalized spacial score (nSPS) is 22.2. The van der Waals surface area contributed by atoms with E-state index in [1.165, 1.54) is 0 Å². The third-order valence-electron chi connectivity index (χ3n) is 3.76. The van der Waals surface area contributed by atoms with Crippen LogP contribution in [0.1, 0.15) is 32.1 Å². The zero-order valence-corrected chi connectivity index (χ0v) is 12.4. The SMILES string of the molecule is COc1ccc(OCC(=O)NC2CCCCCC2O)cc1. The molecule has 1 aromatic rings. The second kappa shape index (κ2) is 7.88. The van der Waals surface area contributed by atoms with Crippen LogP contribution < -0.4 is 14.8 Å². The zero-order valence-electron chi connectivity index (χ0n) is 12.4. The van der Waals surface area contributed by atoms with Crippen LogP contribution in [0.3, 0.4) is 0 Å². The number of aliphatic hydroxyl groups excluding tert-OH is 1. The second-order valence-electron chi connectivity index (χ2n) is 5.34. The van der Waals surface area contributed by atoms with E-state index in [9.17, 15) is 9.90 Å². The van der Waals surface area contributed by atoms with Gasteiger partial charge >= 0.3 is 0 Å². The molecule has 1 fully saturated rings. The third kappa shape index (κ3) is 4.93. The standard InChI is InChI=1S/C16H23NO4/c1-20-12-7-9-13(10-8-12)21-11-16(19)17-14-5-3-2-4-6-15(14)18/h7-10,14-15,18H,2-6,11H2,1H3,(H,17,19). The Kier molecular flexibility index (Phi) is 5.87. The number of nitrogens with one attached hydrogen (secondary N) is 1. The van der Waals surface area contributed by atoms with E-state index < -0.39 is 6.10 Å². The van der Waals surface area contributed by atoms with Gasteiger partial charge in [0.25, 0.3) is 5.91 Å². The Hall–Kier alpha value is -1.75. The van der Waals surface area contributed by atoms with Gasteiger partial charge in [-0.2, -0.15) is 0 Å². The monoisotopic (exact) mass is 293 g/mol. The molecule has 21 heavy (non-hydrogen) atoms. The van der Waals surface area contributed by atoms with Gasteiger partial charge in [0.05, 0.1) is 19.3 Å². The summed E-state index contributed by atoms with van der Waals surface area (Å²) in [5.74, 6) is 1.16. The number of ether oxygens (including phenoxy) is 2. The van der Waals surface area contributed by atoms with Crippen molar-refractivity contribution in [1.82, 2.24) is 5.32 Å². The maximum Gasteiger partial charge on any atom is 0.258 e. The second-order valence-corrected chi connectivity index (χ2v) is 5.34. The van der Waals surface area contributed by atoms with Gasteiger partial charge in [-0.05, 0) is 37.1 Å².